The van der Waals surface area contributed by atoms with Crippen LogP contribution in [0.15, 0.2) is 89.8 Å². The van der Waals surface area contributed by atoms with Crippen molar-refractivity contribution in [1.82, 2.24) is 9.80 Å². The number of likely N-dealkylation sites (N-methyl/N-ethyl adjacent to an activating group) is 1. The van der Waals surface area contributed by atoms with Crippen molar-refractivity contribution in [3.8, 4) is 0 Å². The molecule has 0 aromatic heterocycles. The molecule has 13 heteroatoms. The molecular weight excluding hydrogens is 707 g/mol. The Labute approximate surface area is 309 Å². The predicted octanol–water partition coefficient (Wildman–Crippen LogP) is 5.70. The molecule has 0 aliphatic carbocycles. The molecule has 3 aromatic rings. The summed E-state index contributed by atoms with van der Waals surface area (Å²) in [6.45, 7) is 5.19. The van der Waals surface area contributed by atoms with E-state index in [1.807, 2.05) is 25.1 Å². The van der Waals surface area contributed by atoms with E-state index in [4.69, 9.17) is 5.11 Å². The van der Waals surface area contributed by atoms with Gasteiger partial charge in [-0.1, -0.05) is 80.1 Å². The number of aliphatic hydroxyl groups excluding tert-OH is 1. The van der Waals surface area contributed by atoms with Gasteiger partial charge in [-0.15, -0.1) is 23.5 Å². The van der Waals surface area contributed by atoms with Crippen molar-refractivity contribution in [1.29, 1.82) is 0 Å². The number of hydrogen-bond donors (Lipinski definition) is 1. The first kappa shape index (κ1) is 38.6. The number of para-hydroxylation sites is 1. The zero-order valence-corrected chi connectivity index (χ0v) is 32.0. The molecule has 0 saturated carbocycles. The van der Waals surface area contributed by atoms with Gasteiger partial charge in [-0.3, -0.25) is 24.1 Å². The number of anilines is 1. The molecule has 6 rings (SSSR count). The van der Waals surface area contributed by atoms with E-state index in [1.54, 1.807) is 85.6 Å². The van der Waals surface area contributed by atoms with E-state index in [2.05, 4.69) is 0 Å². The topological polar surface area (TPSA) is 132 Å². The first-order valence-corrected chi connectivity index (χ1v) is 20.4. The van der Waals surface area contributed by atoms with E-state index in [-0.39, 0.29) is 47.4 Å². The number of sulfonamides is 1. The number of ketones is 2. The highest BCUT2D eigenvalue weighted by molar-refractivity contribution is 8.02. The second-order valence-electron chi connectivity index (χ2n) is 13.1. The number of carbonyl (C=O) groups excluding carboxylic acids is 4. The highest BCUT2D eigenvalue weighted by Gasteiger charge is 2.75. The van der Waals surface area contributed by atoms with E-state index in [9.17, 15) is 18.0 Å². The number of thioether (sulfide) groups is 2. The van der Waals surface area contributed by atoms with Gasteiger partial charge in [0.15, 0.2) is 15.5 Å². The van der Waals surface area contributed by atoms with E-state index in [1.165, 1.54) is 39.7 Å². The number of Topliss-reactive ketones (excluding diaryl/α,β-unsaturated/α-hetero) is 2. The van der Waals surface area contributed by atoms with Crippen LogP contribution in [-0.2, 0) is 29.8 Å². The maximum Gasteiger partial charge on any atom is 0.266 e. The summed E-state index contributed by atoms with van der Waals surface area (Å²) < 4.78 is 30.9. The number of piperazine rings is 1. The van der Waals surface area contributed by atoms with Gasteiger partial charge < -0.3 is 10.0 Å². The molecule has 3 aromatic carbocycles. The number of aliphatic hydroxyl groups is 1. The number of benzene rings is 3. The number of amides is 2. The zero-order valence-electron chi connectivity index (χ0n) is 29.6. The van der Waals surface area contributed by atoms with Crippen LogP contribution in [-0.4, -0.2) is 88.3 Å². The lowest BCUT2D eigenvalue weighted by Crippen LogP contribution is -2.74. The predicted molar refractivity (Wildman–Crippen MR) is 202 cm³/mol. The highest BCUT2D eigenvalue weighted by atomic mass is 32.2. The van der Waals surface area contributed by atoms with Crippen LogP contribution in [0.2, 0.25) is 0 Å². The quantitative estimate of drug-likeness (QED) is 0.219. The van der Waals surface area contributed by atoms with Gasteiger partial charge in [-0.05, 0) is 44.0 Å². The number of rotatable bonds is 13. The summed E-state index contributed by atoms with van der Waals surface area (Å²) in [6.07, 6.45) is 0.701. The Balaban J connectivity index is 0.00000248. The minimum Gasteiger partial charge on any atom is -0.400 e. The monoisotopic (exact) mass is 751 g/mol. The van der Waals surface area contributed by atoms with Crippen LogP contribution in [0.3, 0.4) is 0 Å². The summed E-state index contributed by atoms with van der Waals surface area (Å²) in [5, 5.41) is 7.00. The number of fused-ring (bicyclic) bond motifs is 5. The van der Waals surface area contributed by atoms with Gasteiger partial charge in [0, 0.05) is 55.9 Å². The smallest absolute Gasteiger partial charge is 0.266 e. The van der Waals surface area contributed by atoms with E-state index >= 15 is 9.59 Å². The Hall–Kier alpha value is -3.65. The summed E-state index contributed by atoms with van der Waals surface area (Å²) in [6, 6.07) is 24.5. The molecular formula is C38H45N3O7S3. The molecule has 51 heavy (non-hydrogen) atoms. The third-order valence-corrected chi connectivity index (χ3v) is 14.7. The molecule has 2 fully saturated rings. The van der Waals surface area contributed by atoms with E-state index < -0.39 is 37.3 Å². The molecule has 0 spiro atoms. The summed E-state index contributed by atoms with van der Waals surface area (Å²) in [5.41, 5.74) is 0.929. The van der Waals surface area contributed by atoms with Gasteiger partial charge in [0.1, 0.15) is 11.9 Å². The van der Waals surface area contributed by atoms with Gasteiger partial charge in [0.2, 0.25) is 0 Å². The lowest BCUT2D eigenvalue weighted by Gasteiger charge is -2.54. The first-order valence-electron chi connectivity index (χ1n) is 17.0. The van der Waals surface area contributed by atoms with Gasteiger partial charge in [-0.2, -0.15) is 0 Å². The van der Waals surface area contributed by atoms with Crippen molar-refractivity contribution < 1.29 is 32.7 Å². The van der Waals surface area contributed by atoms with Crippen molar-refractivity contribution >= 4 is 62.6 Å². The molecule has 2 saturated heterocycles. The minimum atomic E-state index is -4.23. The fourth-order valence-electron chi connectivity index (χ4n) is 7.69. The Morgan fingerprint density at radius 1 is 0.863 bits per heavy atom. The largest absolute Gasteiger partial charge is 0.400 e. The number of nitrogens with zero attached hydrogens (tertiary/aromatic N) is 3. The van der Waals surface area contributed by atoms with Crippen LogP contribution in [0, 0.1) is 0 Å². The fraction of sp³-hybridized carbons (Fsp3) is 0.421. The molecule has 0 radical (unpaired) electrons. The summed E-state index contributed by atoms with van der Waals surface area (Å²) in [7, 11) is -1.62. The van der Waals surface area contributed by atoms with Gasteiger partial charge in [-0.25, -0.2) is 12.7 Å². The third-order valence-electron chi connectivity index (χ3n) is 10.1. The van der Waals surface area contributed by atoms with Crippen LogP contribution < -0.4 is 4.31 Å². The molecule has 0 bridgehead atoms. The average Bonchev–Trinajstić information content (AvgIpc) is 3.58. The van der Waals surface area contributed by atoms with Crippen LogP contribution in [0.4, 0.5) is 5.69 Å². The highest BCUT2D eigenvalue weighted by Crippen LogP contribution is 2.65. The second-order valence-corrected chi connectivity index (χ2v) is 17.8. The maximum atomic E-state index is 15.3. The molecule has 3 aliphatic heterocycles. The fourth-order valence-corrected chi connectivity index (χ4v) is 12.2. The molecule has 2 amide bonds. The molecule has 3 aliphatic rings. The maximum absolute atomic E-state index is 15.3. The Morgan fingerprint density at radius 3 is 2.08 bits per heavy atom. The number of hydrogen-bond acceptors (Lipinski definition) is 9. The summed E-state index contributed by atoms with van der Waals surface area (Å²) >= 11 is 2.47. The molecule has 272 valence electrons. The van der Waals surface area contributed by atoms with Crippen molar-refractivity contribution in [2.75, 3.05) is 30.0 Å². The lowest BCUT2D eigenvalue weighted by atomic mass is 9.74. The Bertz CT molecular complexity index is 1890. The van der Waals surface area contributed by atoms with Crippen molar-refractivity contribution in [2.45, 2.75) is 79.1 Å². The van der Waals surface area contributed by atoms with Crippen LogP contribution >= 0.6 is 23.5 Å². The molecule has 3 heterocycles. The zero-order chi connectivity index (χ0) is 37.2. The Morgan fingerprint density at radius 2 is 1.45 bits per heavy atom. The van der Waals surface area contributed by atoms with Crippen molar-refractivity contribution in [3.05, 3.63) is 96.1 Å². The van der Waals surface area contributed by atoms with Gasteiger partial charge >= 0.3 is 0 Å². The van der Waals surface area contributed by atoms with Crippen molar-refractivity contribution in [3.63, 3.8) is 0 Å². The Kier molecular flexibility index (Phi) is 11.5. The average molecular weight is 752 g/mol. The standard InChI is InChI=1S/C37H41N3O6S3.CH4O/c1-5-22-36-25-37(48-24-21-31(42)27-14-8-6-9-15-27)34(44)38(4)35(3,47-23-20-26(2)41)33(43)39(37)32(36)40(30-19-13-12-18-29(30)36)49(45,46)28-16-10-7-11-17-28;1-2/h6-19,32H,5,20-25H2,1-4H3;2H,1H3/t32-,35-,36+,37-;/m0./s1. The molecule has 4 atom stereocenters. The van der Waals surface area contributed by atoms with Crippen LogP contribution in [0.1, 0.15) is 68.8 Å². The van der Waals surface area contributed by atoms with E-state index in [0.717, 1.165) is 12.7 Å². The SMILES string of the molecule is CCC[C@]12C[C@]3(SCCC(=O)c4ccccc4)C(=O)N(C)[C@@](C)(SCCC(C)=O)C(=O)N3[C@H]1N(S(=O)(=O)c1ccccc1)c1ccccc12.CO. The van der Waals surface area contributed by atoms with Crippen molar-refractivity contribution in [2.24, 2.45) is 0 Å². The third kappa shape index (κ3) is 6.40. The van der Waals surface area contributed by atoms with Gasteiger partial charge in [0.05, 0.1) is 10.6 Å². The summed E-state index contributed by atoms with van der Waals surface area (Å²) in [4.78, 5) is 55.6. The first-order chi connectivity index (χ1) is 24.3. The molecule has 0 unspecified atom stereocenters. The summed E-state index contributed by atoms with van der Waals surface area (Å²) in [5.74, 6) is -0.269. The van der Waals surface area contributed by atoms with Crippen LogP contribution in [0.25, 0.3) is 0 Å². The lowest BCUT2D eigenvalue weighted by molar-refractivity contribution is -0.163. The van der Waals surface area contributed by atoms with E-state index in [0.29, 0.717) is 29.8 Å². The minimum absolute atomic E-state index is 0.0316. The second kappa shape index (κ2) is 15.1. The van der Waals surface area contributed by atoms with Crippen LogP contribution in [0.5, 0.6) is 0 Å². The van der Waals surface area contributed by atoms with Gasteiger partial charge in [0.25, 0.3) is 21.8 Å². The normalized spacial score (nSPS) is 25.1. The molecule has 10 nitrogen and oxygen atoms in total. The number of carbonyl (C=O) groups is 4. The molecule has 1 N–H and O–H groups in total.